The Labute approximate surface area is 142 Å². The molecule has 0 nitrogen and oxygen atoms in total. The van der Waals surface area contributed by atoms with Crippen molar-refractivity contribution in [1.29, 1.82) is 0 Å². The molecule has 0 N–H and O–H groups in total. The van der Waals surface area contributed by atoms with Crippen LogP contribution in [-0.4, -0.2) is 0 Å². The first-order chi connectivity index (χ1) is 10.1. The minimum Gasteiger partial charge on any atom is -0.0843 e. The molecule has 21 heavy (non-hydrogen) atoms. The smallest absolute Gasteiger partial charge is 0.0562 e. The summed E-state index contributed by atoms with van der Waals surface area (Å²) >= 11 is 16.1. The molecule has 0 heterocycles. The fourth-order valence-corrected chi connectivity index (χ4v) is 3.13. The maximum absolute atomic E-state index is 6.62. The van der Waals surface area contributed by atoms with Gasteiger partial charge in [0.05, 0.1) is 5.02 Å². The summed E-state index contributed by atoms with van der Waals surface area (Å²) in [6.45, 7) is 0. The Morgan fingerprint density at radius 3 is 1.95 bits per heavy atom. The number of benzene rings is 3. The van der Waals surface area contributed by atoms with Crippen molar-refractivity contribution in [1.82, 2.24) is 0 Å². The lowest BCUT2D eigenvalue weighted by molar-refractivity contribution is 1.57. The quantitative estimate of drug-likeness (QED) is 0.447. The monoisotopic (exact) mass is 376 g/mol. The Kier molecular flexibility index (Phi) is 4.34. The van der Waals surface area contributed by atoms with E-state index in [-0.39, 0.29) is 0 Å². The Hall–Kier alpha value is -1.28. The van der Waals surface area contributed by atoms with Gasteiger partial charge in [0.2, 0.25) is 0 Å². The molecule has 0 spiro atoms. The predicted octanol–water partition coefficient (Wildman–Crippen LogP) is 7.09. The van der Waals surface area contributed by atoms with Crippen LogP contribution in [0.1, 0.15) is 0 Å². The average Bonchev–Trinajstić information content (AvgIpc) is 2.48. The summed E-state index contributed by atoms with van der Waals surface area (Å²) in [5.74, 6) is 0. The molecule has 0 aliphatic heterocycles. The second-order valence-electron chi connectivity index (χ2n) is 4.68. The first-order valence-corrected chi connectivity index (χ1v) is 8.00. The molecule has 3 aromatic rings. The Balaban J connectivity index is 2.13. The fourth-order valence-electron chi connectivity index (χ4n) is 2.26. The Bertz CT molecular complexity index is 779. The molecule has 0 bridgehead atoms. The molecular weight excluding hydrogens is 367 g/mol. The van der Waals surface area contributed by atoms with Crippen molar-refractivity contribution in [3.8, 4) is 22.3 Å². The minimum atomic E-state index is 0.720. The molecule has 0 fully saturated rings. The van der Waals surface area contributed by atoms with Gasteiger partial charge >= 0.3 is 0 Å². The van der Waals surface area contributed by atoms with Crippen LogP contribution in [0.5, 0.6) is 0 Å². The van der Waals surface area contributed by atoms with Crippen LogP contribution in [0, 0.1) is 0 Å². The molecule has 0 aliphatic rings. The third-order valence-corrected chi connectivity index (χ3v) is 4.44. The summed E-state index contributed by atoms with van der Waals surface area (Å²) in [6, 6.07) is 21.9. The topological polar surface area (TPSA) is 0 Å². The third kappa shape index (κ3) is 3.16. The van der Waals surface area contributed by atoms with Gasteiger partial charge in [-0.1, -0.05) is 81.6 Å². The summed E-state index contributed by atoms with van der Waals surface area (Å²) in [5, 5.41) is 1.47. The molecule has 3 aromatic carbocycles. The van der Waals surface area contributed by atoms with Gasteiger partial charge in [-0.15, -0.1) is 0 Å². The molecule has 0 radical (unpaired) electrons. The van der Waals surface area contributed by atoms with Crippen LogP contribution in [0.2, 0.25) is 10.0 Å². The lowest BCUT2D eigenvalue weighted by atomic mass is 9.99. The normalized spacial score (nSPS) is 10.6. The van der Waals surface area contributed by atoms with Crippen molar-refractivity contribution in [2.75, 3.05) is 0 Å². The highest BCUT2D eigenvalue weighted by atomic mass is 79.9. The van der Waals surface area contributed by atoms with Crippen molar-refractivity contribution in [2.24, 2.45) is 0 Å². The predicted molar refractivity (Wildman–Crippen MR) is 95.0 cm³/mol. The molecule has 0 unspecified atom stereocenters. The van der Waals surface area contributed by atoms with E-state index in [1.54, 1.807) is 0 Å². The van der Waals surface area contributed by atoms with Crippen LogP contribution in [-0.2, 0) is 0 Å². The van der Waals surface area contributed by atoms with Gasteiger partial charge in [0.25, 0.3) is 0 Å². The second kappa shape index (κ2) is 6.23. The van der Waals surface area contributed by atoms with E-state index in [1.165, 1.54) is 0 Å². The number of hydrogen-bond donors (Lipinski definition) is 0. The molecule has 0 saturated carbocycles. The van der Waals surface area contributed by atoms with Crippen LogP contribution >= 0.6 is 39.1 Å². The van der Waals surface area contributed by atoms with E-state index in [0.717, 1.165) is 36.8 Å². The average molecular weight is 378 g/mol. The van der Waals surface area contributed by atoms with E-state index in [1.807, 2.05) is 54.6 Å². The van der Waals surface area contributed by atoms with E-state index >= 15 is 0 Å². The number of rotatable bonds is 2. The molecule has 3 heteroatoms. The zero-order valence-electron chi connectivity index (χ0n) is 11.0. The van der Waals surface area contributed by atoms with Crippen LogP contribution < -0.4 is 0 Å². The van der Waals surface area contributed by atoms with Crippen molar-refractivity contribution in [3.05, 3.63) is 81.2 Å². The van der Waals surface area contributed by atoms with Gasteiger partial charge in [-0.2, -0.15) is 0 Å². The van der Waals surface area contributed by atoms with Gasteiger partial charge in [0.15, 0.2) is 0 Å². The first kappa shape index (κ1) is 14.6. The first-order valence-electron chi connectivity index (χ1n) is 6.45. The molecule has 0 saturated heterocycles. The van der Waals surface area contributed by atoms with E-state index in [4.69, 9.17) is 23.2 Å². The molecule has 0 amide bonds. The number of halogens is 3. The summed E-state index contributed by atoms with van der Waals surface area (Å²) in [6.07, 6.45) is 0. The maximum atomic E-state index is 6.62. The van der Waals surface area contributed by atoms with Gasteiger partial charge in [-0.3, -0.25) is 0 Å². The molecule has 3 rings (SSSR count). The molecule has 104 valence electrons. The van der Waals surface area contributed by atoms with E-state index < -0.39 is 0 Å². The van der Waals surface area contributed by atoms with Crippen LogP contribution in [0.15, 0.2) is 71.2 Å². The molecule has 0 aliphatic carbocycles. The Morgan fingerprint density at radius 2 is 1.29 bits per heavy atom. The highest BCUT2D eigenvalue weighted by Gasteiger charge is 2.10. The summed E-state index contributed by atoms with van der Waals surface area (Å²) in [7, 11) is 0. The van der Waals surface area contributed by atoms with Crippen molar-refractivity contribution in [3.63, 3.8) is 0 Å². The van der Waals surface area contributed by atoms with E-state index in [2.05, 4.69) is 28.1 Å². The van der Waals surface area contributed by atoms with Crippen molar-refractivity contribution >= 4 is 39.1 Å². The van der Waals surface area contributed by atoms with Gasteiger partial charge in [0, 0.05) is 20.6 Å². The Morgan fingerprint density at radius 1 is 0.667 bits per heavy atom. The van der Waals surface area contributed by atoms with Gasteiger partial charge in [0.1, 0.15) is 0 Å². The highest BCUT2D eigenvalue weighted by molar-refractivity contribution is 9.10. The van der Waals surface area contributed by atoms with Crippen LogP contribution in [0.25, 0.3) is 22.3 Å². The lowest BCUT2D eigenvalue weighted by Crippen LogP contribution is -1.85. The fraction of sp³-hybridized carbons (Fsp3) is 0. The zero-order chi connectivity index (χ0) is 14.8. The second-order valence-corrected chi connectivity index (χ2v) is 6.41. The molecule has 0 atom stereocenters. The van der Waals surface area contributed by atoms with Crippen LogP contribution in [0.3, 0.4) is 0 Å². The van der Waals surface area contributed by atoms with Crippen LogP contribution in [0.4, 0.5) is 0 Å². The van der Waals surface area contributed by atoms with Gasteiger partial charge in [-0.25, -0.2) is 0 Å². The standard InChI is InChI=1S/C18H11BrCl2/c19-14-4-1-3-13(11-14)17-6-2-5-16(18(17)21)12-7-9-15(20)10-8-12/h1-11H. The summed E-state index contributed by atoms with van der Waals surface area (Å²) in [5.41, 5.74) is 4.17. The van der Waals surface area contributed by atoms with Crippen molar-refractivity contribution in [2.45, 2.75) is 0 Å². The van der Waals surface area contributed by atoms with Gasteiger partial charge < -0.3 is 0 Å². The summed E-state index contributed by atoms with van der Waals surface area (Å²) < 4.78 is 1.04. The summed E-state index contributed by atoms with van der Waals surface area (Å²) in [4.78, 5) is 0. The SMILES string of the molecule is Clc1ccc(-c2cccc(-c3cccc(Br)c3)c2Cl)cc1. The minimum absolute atomic E-state index is 0.720. The largest absolute Gasteiger partial charge is 0.0843 e. The van der Waals surface area contributed by atoms with Gasteiger partial charge in [-0.05, 0) is 35.4 Å². The third-order valence-electron chi connectivity index (χ3n) is 3.29. The van der Waals surface area contributed by atoms with E-state index in [0.29, 0.717) is 0 Å². The van der Waals surface area contributed by atoms with Crippen molar-refractivity contribution < 1.29 is 0 Å². The lowest BCUT2D eigenvalue weighted by Gasteiger charge is -2.10. The molecule has 0 aromatic heterocycles. The van der Waals surface area contributed by atoms with E-state index in [9.17, 15) is 0 Å². The maximum Gasteiger partial charge on any atom is 0.0562 e. The number of hydrogen-bond acceptors (Lipinski definition) is 0. The molecular formula is C18H11BrCl2. The zero-order valence-corrected chi connectivity index (χ0v) is 14.1. The highest BCUT2D eigenvalue weighted by Crippen LogP contribution is 2.37.